The lowest BCUT2D eigenvalue weighted by Gasteiger charge is -2.13. The van der Waals surface area contributed by atoms with Gasteiger partial charge in [-0.15, -0.1) is 0 Å². The number of nitrogens with one attached hydrogen (secondary N) is 2. The first kappa shape index (κ1) is 19.7. The second-order valence-corrected chi connectivity index (χ2v) is 7.99. The maximum Gasteiger partial charge on any atom is 0.341 e. The van der Waals surface area contributed by atoms with Crippen LogP contribution in [0.1, 0.15) is 17.0 Å². The summed E-state index contributed by atoms with van der Waals surface area (Å²) in [6, 6.07) is 6.27. The van der Waals surface area contributed by atoms with E-state index in [9.17, 15) is 26.8 Å². The minimum atomic E-state index is -4.87. The zero-order valence-electron chi connectivity index (χ0n) is 14.9. The molecule has 0 aliphatic heterocycles. The summed E-state index contributed by atoms with van der Waals surface area (Å²) < 4.78 is 50.8. The number of amides is 1. The third-order valence-electron chi connectivity index (χ3n) is 4.24. The number of rotatable bonds is 5. The van der Waals surface area contributed by atoms with Crippen LogP contribution in [-0.2, 0) is 21.1 Å². The number of benzene rings is 1. The Morgan fingerprint density at radius 3 is 2.64 bits per heavy atom. The van der Waals surface area contributed by atoms with Gasteiger partial charge in [0.05, 0.1) is 17.0 Å². The van der Waals surface area contributed by atoms with Crippen LogP contribution in [0, 0.1) is 13.8 Å². The van der Waals surface area contributed by atoms with E-state index in [1.165, 1.54) is 28.8 Å². The molecule has 2 N–H and O–H groups in total. The Morgan fingerprint density at radius 2 is 1.96 bits per heavy atom. The first-order valence-electron chi connectivity index (χ1n) is 8.10. The molecule has 0 saturated heterocycles. The summed E-state index contributed by atoms with van der Waals surface area (Å²) in [5.74, 6) is -4.22. The van der Waals surface area contributed by atoms with Crippen LogP contribution in [0.3, 0.4) is 0 Å². The fraction of sp³-hybridized carbons (Fsp3) is 0.235. The van der Waals surface area contributed by atoms with Crippen LogP contribution in [0.4, 0.5) is 14.5 Å². The molecule has 0 radical (unpaired) electrons. The summed E-state index contributed by atoms with van der Waals surface area (Å²) in [7, 11) is -4.87. The van der Waals surface area contributed by atoms with Gasteiger partial charge in [0.25, 0.3) is 5.56 Å². The fourth-order valence-electron chi connectivity index (χ4n) is 2.88. The highest BCUT2D eigenvalue weighted by molar-refractivity contribution is 7.91. The molecule has 148 valence electrons. The van der Waals surface area contributed by atoms with Crippen molar-refractivity contribution < 1.29 is 22.0 Å². The molecular formula is C17H16F2N4O4S. The average Bonchev–Trinajstić information content (AvgIpc) is 2.99. The molecule has 2 heterocycles. The molecule has 3 rings (SSSR count). The van der Waals surface area contributed by atoms with Crippen molar-refractivity contribution >= 4 is 27.1 Å². The van der Waals surface area contributed by atoms with Gasteiger partial charge >= 0.3 is 5.76 Å². The van der Waals surface area contributed by atoms with E-state index in [1.54, 1.807) is 13.8 Å². The Balaban J connectivity index is 1.93. The zero-order chi connectivity index (χ0) is 20.6. The molecule has 2 aromatic heterocycles. The number of carbonyl (C=O) groups is 1. The van der Waals surface area contributed by atoms with E-state index in [4.69, 9.17) is 0 Å². The van der Waals surface area contributed by atoms with Gasteiger partial charge < -0.3 is 5.32 Å². The standard InChI is InChI=1S/C17H16F2N4O4S/c1-9-11(10(2)23-14(20-9)8-16(25)22-23)7-15(24)21-12-5-3-4-6-13(12)28(26,27)17(18)19/h3-6,8,17H,7H2,1-2H3,(H,21,24)(H,22,25). The summed E-state index contributed by atoms with van der Waals surface area (Å²) in [4.78, 5) is 27.6. The number of halogens is 2. The van der Waals surface area contributed by atoms with Crippen molar-refractivity contribution in [3.63, 3.8) is 0 Å². The highest BCUT2D eigenvalue weighted by Crippen LogP contribution is 2.26. The van der Waals surface area contributed by atoms with Gasteiger partial charge in [-0.1, -0.05) is 12.1 Å². The van der Waals surface area contributed by atoms with Crippen LogP contribution in [0.15, 0.2) is 40.0 Å². The van der Waals surface area contributed by atoms with Gasteiger partial charge in [0.1, 0.15) is 0 Å². The molecule has 0 aliphatic carbocycles. The Labute approximate surface area is 158 Å². The molecule has 0 unspecified atom stereocenters. The van der Waals surface area contributed by atoms with E-state index in [0.29, 0.717) is 22.6 Å². The molecular weight excluding hydrogens is 394 g/mol. The van der Waals surface area contributed by atoms with Crippen LogP contribution in [-0.4, -0.2) is 34.7 Å². The topological polar surface area (TPSA) is 113 Å². The number of fused-ring (bicyclic) bond motifs is 1. The van der Waals surface area contributed by atoms with E-state index in [1.807, 2.05) is 0 Å². The second-order valence-electron chi connectivity index (χ2n) is 6.10. The molecule has 8 nitrogen and oxygen atoms in total. The number of para-hydroxylation sites is 1. The highest BCUT2D eigenvalue weighted by atomic mass is 32.2. The molecule has 0 bridgehead atoms. The third-order valence-corrected chi connectivity index (χ3v) is 5.68. The lowest BCUT2D eigenvalue weighted by Crippen LogP contribution is -2.20. The number of anilines is 1. The number of carbonyl (C=O) groups excluding carboxylic acids is 1. The molecule has 1 amide bonds. The highest BCUT2D eigenvalue weighted by Gasteiger charge is 2.29. The Kier molecular flexibility index (Phi) is 5.02. The van der Waals surface area contributed by atoms with E-state index >= 15 is 0 Å². The number of H-pyrrole nitrogens is 1. The van der Waals surface area contributed by atoms with Crippen molar-refractivity contribution in [1.29, 1.82) is 0 Å². The normalized spacial score (nSPS) is 11.9. The smallest absolute Gasteiger partial charge is 0.325 e. The van der Waals surface area contributed by atoms with E-state index < -0.39 is 26.4 Å². The number of aromatic amines is 1. The lowest BCUT2D eigenvalue weighted by atomic mass is 10.1. The van der Waals surface area contributed by atoms with Gasteiger partial charge in [-0.25, -0.2) is 17.9 Å². The van der Waals surface area contributed by atoms with Gasteiger partial charge in [0, 0.05) is 23.0 Å². The predicted octanol–water partition coefficient (Wildman–Crippen LogP) is 1.82. The molecule has 0 atom stereocenters. The number of aryl methyl sites for hydroxylation is 2. The summed E-state index contributed by atoms with van der Waals surface area (Å²) >= 11 is 0. The maximum absolute atomic E-state index is 12.9. The van der Waals surface area contributed by atoms with Crippen molar-refractivity contribution in [2.45, 2.75) is 30.9 Å². The molecule has 0 fully saturated rings. The number of hydrogen-bond acceptors (Lipinski definition) is 5. The zero-order valence-corrected chi connectivity index (χ0v) is 15.7. The largest absolute Gasteiger partial charge is 0.341 e. The SMILES string of the molecule is Cc1nc2cc(=O)[nH]n2c(C)c1CC(=O)Nc1ccccc1S(=O)(=O)C(F)F. The third kappa shape index (κ3) is 3.52. The summed E-state index contributed by atoms with van der Waals surface area (Å²) in [5, 5.41) is 4.93. The quantitative estimate of drug-likeness (QED) is 0.666. The minimum absolute atomic E-state index is 0.191. The average molecular weight is 410 g/mol. The van der Waals surface area contributed by atoms with Crippen LogP contribution in [0.5, 0.6) is 0 Å². The summed E-state index contributed by atoms with van der Waals surface area (Å²) in [6.45, 7) is 3.36. The van der Waals surface area contributed by atoms with Crippen molar-refractivity contribution in [2.75, 3.05) is 5.32 Å². The van der Waals surface area contributed by atoms with E-state index in [-0.39, 0.29) is 17.7 Å². The van der Waals surface area contributed by atoms with Crippen molar-refractivity contribution in [3.05, 3.63) is 57.6 Å². The van der Waals surface area contributed by atoms with Crippen LogP contribution >= 0.6 is 0 Å². The molecule has 0 spiro atoms. The van der Waals surface area contributed by atoms with Gasteiger partial charge in [-0.3, -0.25) is 14.7 Å². The second kappa shape index (κ2) is 7.15. The van der Waals surface area contributed by atoms with E-state index in [0.717, 1.165) is 6.07 Å². The molecule has 1 aromatic carbocycles. The van der Waals surface area contributed by atoms with E-state index in [2.05, 4.69) is 15.4 Å². The minimum Gasteiger partial charge on any atom is -0.325 e. The van der Waals surface area contributed by atoms with Crippen molar-refractivity contribution in [1.82, 2.24) is 14.6 Å². The molecule has 0 aliphatic rings. The number of nitrogens with zero attached hydrogens (tertiary/aromatic N) is 2. The maximum atomic E-state index is 12.9. The summed E-state index contributed by atoms with van der Waals surface area (Å²) in [6.07, 6.45) is -0.191. The Morgan fingerprint density at radius 1 is 1.29 bits per heavy atom. The van der Waals surface area contributed by atoms with Crippen LogP contribution in [0.25, 0.3) is 5.65 Å². The first-order valence-corrected chi connectivity index (χ1v) is 9.64. The van der Waals surface area contributed by atoms with Crippen molar-refractivity contribution in [3.8, 4) is 0 Å². The number of hydrogen-bond donors (Lipinski definition) is 2. The predicted molar refractivity (Wildman–Crippen MR) is 97.3 cm³/mol. The van der Waals surface area contributed by atoms with Crippen molar-refractivity contribution in [2.24, 2.45) is 0 Å². The fourth-order valence-corrected chi connectivity index (χ4v) is 3.77. The van der Waals surface area contributed by atoms with Crippen LogP contribution < -0.4 is 10.9 Å². The lowest BCUT2D eigenvalue weighted by molar-refractivity contribution is -0.115. The number of aromatic nitrogens is 3. The molecule has 0 saturated carbocycles. The Hall–Kier alpha value is -3.08. The Bertz CT molecular complexity index is 1230. The molecule has 11 heteroatoms. The summed E-state index contributed by atoms with van der Waals surface area (Å²) in [5.41, 5.74) is 1.44. The number of sulfone groups is 1. The molecule has 28 heavy (non-hydrogen) atoms. The first-order chi connectivity index (χ1) is 13.1. The molecule has 3 aromatic rings. The number of alkyl halides is 2. The van der Waals surface area contributed by atoms with Gasteiger partial charge in [0.15, 0.2) is 5.65 Å². The van der Waals surface area contributed by atoms with Crippen LogP contribution in [0.2, 0.25) is 0 Å². The van der Waals surface area contributed by atoms with Gasteiger partial charge in [-0.05, 0) is 26.0 Å². The van der Waals surface area contributed by atoms with Gasteiger partial charge in [0.2, 0.25) is 15.7 Å². The monoisotopic (exact) mass is 410 g/mol. The van der Waals surface area contributed by atoms with Gasteiger partial charge in [-0.2, -0.15) is 8.78 Å².